The predicted octanol–water partition coefficient (Wildman–Crippen LogP) is 4.78. The zero-order valence-electron chi connectivity index (χ0n) is 11.2. The minimum Gasteiger partial charge on any atom is -0.0620 e. The van der Waals surface area contributed by atoms with Crippen molar-refractivity contribution in [3.63, 3.8) is 0 Å². The van der Waals surface area contributed by atoms with Crippen LogP contribution in [0.4, 0.5) is 0 Å². The molecular weight excluding hydrogens is 343 g/mol. The Labute approximate surface area is 128 Å². The molecule has 4 rings (SSSR count). The first-order valence-corrected chi connectivity index (χ1v) is 8.17. The molecule has 1 atom stereocenters. The summed E-state index contributed by atoms with van der Waals surface area (Å²) in [6, 6.07) is 13.8. The van der Waals surface area contributed by atoms with Gasteiger partial charge in [0.1, 0.15) is 0 Å². The van der Waals surface area contributed by atoms with Crippen LogP contribution < -0.4 is 0 Å². The zero-order chi connectivity index (χ0) is 13.0. The van der Waals surface area contributed by atoms with Gasteiger partial charge in [-0.05, 0) is 83.0 Å². The van der Waals surface area contributed by atoms with Gasteiger partial charge in [0.05, 0.1) is 0 Å². The van der Waals surface area contributed by atoms with E-state index in [0.29, 0.717) is 5.41 Å². The Morgan fingerprint density at radius 2 is 1.68 bits per heavy atom. The summed E-state index contributed by atoms with van der Waals surface area (Å²) in [5.41, 5.74) is 8.19. The van der Waals surface area contributed by atoms with Gasteiger partial charge in [-0.1, -0.05) is 36.4 Å². The monoisotopic (exact) mass is 360 g/mol. The molecular formula is C18H17I. The van der Waals surface area contributed by atoms with Crippen molar-refractivity contribution in [2.45, 2.75) is 38.0 Å². The van der Waals surface area contributed by atoms with Crippen molar-refractivity contribution >= 4 is 22.6 Å². The number of halogens is 1. The average molecular weight is 360 g/mol. The van der Waals surface area contributed by atoms with Crippen molar-refractivity contribution in [3.8, 4) is 0 Å². The minimum atomic E-state index is 0.328. The van der Waals surface area contributed by atoms with Crippen LogP contribution in [-0.4, -0.2) is 0 Å². The molecule has 0 heterocycles. The van der Waals surface area contributed by atoms with E-state index in [1.54, 1.807) is 22.3 Å². The van der Waals surface area contributed by atoms with Crippen molar-refractivity contribution in [3.05, 3.63) is 67.8 Å². The van der Waals surface area contributed by atoms with Gasteiger partial charge in [0.2, 0.25) is 0 Å². The summed E-state index contributed by atoms with van der Waals surface area (Å²) in [5, 5.41) is 0. The van der Waals surface area contributed by atoms with E-state index in [1.807, 2.05) is 0 Å². The summed E-state index contributed by atoms with van der Waals surface area (Å²) >= 11 is 2.57. The van der Waals surface area contributed by atoms with Crippen molar-refractivity contribution in [1.29, 1.82) is 0 Å². The van der Waals surface area contributed by atoms with E-state index in [4.69, 9.17) is 0 Å². The highest BCUT2D eigenvalue weighted by Crippen LogP contribution is 2.53. The molecule has 0 radical (unpaired) electrons. The molecule has 0 nitrogen and oxygen atoms in total. The third kappa shape index (κ3) is 1.51. The third-order valence-corrected chi connectivity index (χ3v) is 6.47. The molecule has 19 heavy (non-hydrogen) atoms. The van der Waals surface area contributed by atoms with Crippen molar-refractivity contribution in [1.82, 2.24) is 0 Å². The molecule has 0 aliphatic heterocycles. The summed E-state index contributed by atoms with van der Waals surface area (Å²) < 4.78 is 1.50. The van der Waals surface area contributed by atoms with E-state index < -0.39 is 0 Å². The second kappa shape index (κ2) is 4.08. The van der Waals surface area contributed by atoms with Crippen LogP contribution in [0.5, 0.6) is 0 Å². The SMILES string of the molecule is Cc1ccc2c(c1I)[C@@]1(CCc3ccccc31)CC2. The maximum atomic E-state index is 2.57. The van der Waals surface area contributed by atoms with Crippen LogP contribution in [0.15, 0.2) is 36.4 Å². The lowest BCUT2D eigenvalue weighted by Gasteiger charge is -2.28. The Bertz CT molecular complexity index is 667. The Morgan fingerprint density at radius 1 is 0.947 bits per heavy atom. The molecule has 0 bridgehead atoms. The first-order chi connectivity index (χ1) is 9.22. The number of benzene rings is 2. The second-order valence-electron chi connectivity index (χ2n) is 5.97. The largest absolute Gasteiger partial charge is 0.0620 e. The Morgan fingerprint density at radius 3 is 2.53 bits per heavy atom. The Kier molecular flexibility index (Phi) is 2.57. The molecule has 2 aromatic carbocycles. The van der Waals surface area contributed by atoms with Crippen LogP contribution in [0, 0.1) is 10.5 Å². The van der Waals surface area contributed by atoms with Gasteiger partial charge in [0.15, 0.2) is 0 Å². The quantitative estimate of drug-likeness (QED) is 0.594. The van der Waals surface area contributed by atoms with E-state index in [2.05, 4.69) is 65.9 Å². The molecule has 2 aliphatic rings. The van der Waals surface area contributed by atoms with E-state index in [-0.39, 0.29) is 0 Å². The second-order valence-corrected chi connectivity index (χ2v) is 7.05. The number of rotatable bonds is 0. The van der Waals surface area contributed by atoms with Crippen molar-refractivity contribution in [2.75, 3.05) is 0 Å². The number of aryl methyl sites for hydroxylation is 3. The van der Waals surface area contributed by atoms with Crippen LogP contribution in [-0.2, 0) is 18.3 Å². The van der Waals surface area contributed by atoms with Crippen molar-refractivity contribution in [2.24, 2.45) is 0 Å². The molecule has 2 aliphatic carbocycles. The first-order valence-electron chi connectivity index (χ1n) is 7.09. The van der Waals surface area contributed by atoms with Crippen LogP contribution in [0.2, 0.25) is 0 Å². The molecule has 2 aromatic rings. The summed E-state index contributed by atoms with van der Waals surface area (Å²) in [4.78, 5) is 0. The smallest absolute Gasteiger partial charge is 0.0225 e. The van der Waals surface area contributed by atoms with Crippen LogP contribution >= 0.6 is 22.6 Å². The van der Waals surface area contributed by atoms with Gasteiger partial charge in [-0.25, -0.2) is 0 Å². The number of fused-ring (bicyclic) bond motifs is 4. The summed E-state index contributed by atoms with van der Waals surface area (Å²) in [6.07, 6.45) is 5.11. The van der Waals surface area contributed by atoms with Gasteiger partial charge in [-0.15, -0.1) is 0 Å². The molecule has 0 N–H and O–H groups in total. The molecule has 0 aromatic heterocycles. The highest BCUT2D eigenvalue weighted by atomic mass is 127. The fraction of sp³-hybridized carbons (Fsp3) is 0.333. The fourth-order valence-electron chi connectivity index (χ4n) is 4.13. The van der Waals surface area contributed by atoms with Gasteiger partial charge in [0, 0.05) is 8.99 Å². The minimum absolute atomic E-state index is 0.328. The molecule has 0 fully saturated rings. The molecule has 0 saturated heterocycles. The molecule has 1 spiro atoms. The van der Waals surface area contributed by atoms with E-state index in [9.17, 15) is 0 Å². The number of hydrogen-bond donors (Lipinski definition) is 0. The lowest BCUT2D eigenvalue weighted by molar-refractivity contribution is 0.505. The highest BCUT2D eigenvalue weighted by Gasteiger charge is 2.45. The van der Waals surface area contributed by atoms with Gasteiger partial charge in [-0.3, -0.25) is 0 Å². The molecule has 0 saturated carbocycles. The molecule has 1 heteroatoms. The highest BCUT2D eigenvalue weighted by molar-refractivity contribution is 14.1. The number of hydrogen-bond acceptors (Lipinski definition) is 0. The van der Waals surface area contributed by atoms with Gasteiger partial charge in [0.25, 0.3) is 0 Å². The van der Waals surface area contributed by atoms with Gasteiger partial charge < -0.3 is 0 Å². The van der Waals surface area contributed by atoms with Crippen molar-refractivity contribution < 1.29 is 0 Å². The Balaban J connectivity index is 2.01. The molecule has 0 unspecified atom stereocenters. The standard InChI is InChI=1S/C18H17I/c1-12-6-7-14-9-11-18(16(14)17(12)19)10-8-13-4-2-3-5-15(13)18/h2-7H,8-11H2,1H3/t18-/m0/s1. The van der Waals surface area contributed by atoms with Gasteiger partial charge in [-0.2, -0.15) is 0 Å². The first kappa shape index (κ1) is 12.0. The average Bonchev–Trinajstić information content (AvgIpc) is 2.99. The predicted molar refractivity (Wildman–Crippen MR) is 87.8 cm³/mol. The molecule has 0 amide bonds. The maximum absolute atomic E-state index is 2.57. The summed E-state index contributed by atoms with van der Waals surface area (Å²) in [6.45, 7) is 2.24. The third-order valence-electron chi connectivity index (χ3n) is 5.08. The van der Waals surface area contributed by atoms with Crippen LogP contribution in [0.25, 0.3) is 0 Å². The van der Waals surface area contributed by atoms with Crippen LogP contribution in [0.1, 0.15) is 40.7 Å². The van der Waals surface area contributed by atoms with Crippen LogP contribution in [0.3, 0.4) is 0 Å². The van der Waals surface area contributed by atoms with Gasteiger partial charge >= 0.3 is 0 Å². The van der Waals surface area contributed by atoms with E-state index in [1.165, 1.54) is 34.8 Å². The van der Waals surface area contributed by atoms with E-state index >= 15 is 0 Å². The Hall–Kier alpha value is -0.830. The molecule has 96 valence electrons. The zero-order valence-corrected chi connectivity index (χ0v) is 13.3. The summed E-state index contributed by atoms with van der Waals surface area (Å²) in [7, 11) is 0. The lowest BCUT2D eigenvalue weighted by Crippen LogP contribution is -2.22. The topological polar surface area (TPSA) is 0 Å². The summed E-state index contributed by atoms with van der Waals surface area (Å²) in [5.74, 6) is 0. The fourth-order valence-corrected chi connectivity index (χ4v) is 5.17. The lowest BCUT2D eigenvalue weighted by atomic mass is 9.76. The van der Waals surface area contributed by atoms with E-state index in [0.717, 1.165) is 0 Å². The maximum Gasteiger partial charge on any atom is 0.0225 e. The normalized spacial score (nSPS) is 23.7.